The normalized spacial score (nSPS) is 27.0. The number of hydrogen-bond acceptors (Lipinski definition) is 13. The van der Waals surface area contributed by atoms with E-state index in [-0.39, 0.29) is 18.9 Å². The highest BCUT2D eigenvalue weighted by Crippen LogP contribution is 2.30. The topological polar surface area (TPSA) is 228 Å². The van der Waals surface area contributed by atoms with Crippen LogP contribution in [0.2, 0.25) is 0 Å². The molecule has 14 nitrogen and oxygen atoms in total. The van der Waals surface area contributed by atoms with Gasteiger partial charge in [-0.05, 0) is 51.4 Å². The van der Waals surface area contributed by atoms with Crippen LogP contribution in [0.1, 0.15) is 187 Å². The van der Waals surface area contributed by atoms with Gasteiger partial charge < -0.3 is 65.1 Å². The molecule has 0 aliphatic carbocycles. The van der Waals surface area contributed by atoms with Crippen LogP contribution in [-0.2, 0) is 23.7 Å². The average molecular weight is 954 g/mol. The number of carbonyl (C=O) groups is 1. The quantitative estimate of drug-likeness (QED) is 0.0218. The Bertz CT molecular complexity index is 1310. The first-order chi connectivity index (χ1) is 32.6. The third-order valence-corrected chi connectivity index (χ3v) is 12.8. The molecule has 14 heteroatoms. The highest BCUT2D eigenvalue weighted by Gasteiger charge is 2.51. The van der Waals surface area contributed by atoms with Gasteiger partial charge in [0.1, 0.15) is 48.8 Å². The number of allylic oxidation sites excluding steroid dienone is 8. The number of carbonyl (C=O) groups excluding carboxylic acids is 1. The lowest BCUT2D eigenvalue weighted by molar-refractivity contribution is -0.359. The van der Waals surface area contributed by atoms with E-state index in [0.717, 1.165) is 89.9 Å². The van der Waals surface area contributed by atoms with E-state index in [2.05, 4.69) is 67.8 Å². The van der Waals surface area contributed by atoms with E-state index in [9.17, 15) is 45.6 Å². The van der Waals surface area contributed by atoms with Crippen molar-refractivity contribution in [2.24, 2.45) is 0 Å². The molecule has 0 saturated carbocycles. The summed E-state index contributed by atoms with van der Waals surface area (Å²) in [4.78, 5) is 13.2. The molecule has 0 bridgehead atoms. The van der Waals surface area contributed by atoms with Crippen LogP contribution >= 0.6 is 0 Å². The van der Waals surface area contributed by atoms with Crippen molar-refractivity contribution in [3.05, 3.63) is 48.6 Å². The Morgan fingerprint density at radius 2 is 1.03 bits per heavy atom. The van der Waals surface area contributed by atoms with Crippen LogP contribution < -0.4 is 5.32 Å². The average Bonchev–Trinajstić information content (AvgIpc) is 3.32. The molecule has 9 N–H and O–H groups in total. The Kier molecular flexibility index (Phi) is 36.1. The molecular formula is C53H95NO13. The van der Waals surface area contributed by atoms with Gasteiger partial charge in [-0.1, -0.05) is 178 Å². The maximum Gasteiger partial charge on any atom is 0.220 e. The van der Waals surface area contributed by atoms with Crippen LogP contribution in [0.5, 0.6) is 0 Å². The number of aliphatic hydroxyl groups excluding tert-OH is 8. The highest BCUT2D eigenvalue weighted by molar-refractivity contribution is 5.76. The molecule has 0 aromatic heterocycles. The van der Waals surface area contributed by atoms with Crippen molar-refractivity contribution in [3.63, 3.8) is 0 Å². The SMILES string of the molecule is CC/C=C\C/C=C\C/C=C\C/C=C\CCCCCCCCC(=O)NC(COC1OC(CO)C(OC2OC(CO)C(O)C(O)C2O)C(O)C1O)C(O)CCCCCCCCCCCCCCCC. The van der Waals surface area contributed by atoms with E-state index in [4.69, 9.17) is 18.9 Å². The summed E-state index contributed by atoms with van der Waals surface area (Å²) < 4.78 is 22.8. The Morgan fingerprint density at radius 3 is 1.58 bits per heavy atom. The van der Waals surface area contributed by atoms with Crippen molar-refractivity contribution in [1.82, 2.24) is 5.32 Å². The summed E-state index contributed by atoms with van der Waals surface area (Å²) in [6.45, 7) is 2.72. The molecule has 0 spiro atoms. The van der Waals surface area contributed by atoms with Gasteiger partial charge in [-0.3, -0.25) is 4.79 Å². The van der Waals surface area contributed by atoms with Crippen LogP contribution in [-0.4, -0.2) is 140 Å². The Morgan fingerprint density at radius 1 is 0.552 bits per heavy atom. The van der Waals surface area contributed by atoms with E-state index in [0.29, 0.717) is 12.8 Å². The summed E-state index contributed by atoms with van der Waals surface area (Å²) in [5, 5.41) is 87.0. The van der Waals surface area contributed by atoms with Gasteiger partial charge in [0.15, 0.2) is 12.6 Å². The first-order valence-electron chi connectivity index (χ1n) is 26.4. The van der Waals surface area contributed by atoms with Crippen molar-refractivity contribution < 1.29 is 64.6 Å². The van der Waals surface area contributed by atoms with Crippen molar-refractivity contribution in [2.75, 3.05) is 19.8 Å². The fourth-order valence-electron chi connectivity index (χ4n) is 8.52. The molecule has 2 aliphatic heterocycles. The number of unbranched alkanes of at least 4 members (excludes halogenated alkanes) is 19. The molecule has 2 rings (SSSR count). The standard InChI is InChI=1S/C53H95NO13/c1-3-5-7-9-11-13-15-17-19-20-21-22-23-25-27-29-31-33-35-37-45(58)54-41(42(57)36-34-32-30-28-26-24-18-16-14-12-10-8-6-4-2)40-64-52-50(63)48(61)51(44(39-56)66-52)67-53-49(62)47(60)46(59)43(38-55)65-53/h5,7,11,13,17,19,21-22,41-44,46-53,55-57,59-63H,3-4,6,8-10,12,14-16,18,20,23-40H2,1-2H3,(H,54,58)/b7-5-,13-11-,19-17-,22-21-. The number of aliphatic hydroxyl groups is 8. The van der Waals surface area contributed by atoms with E-state index in [1.165, 1.54) is 64.2 Å². The third kappa shape index (κ3) is 26.7. The third-order valence-electron chi connectivity index (χ3n) is 12.8. The summed E-state index contributed by atoms with van der Waals surface area (Å²) in [5.41, 5.74) is 0. The van der Waals surface area contributed by atoms with E-state index < -0.39 is 86.8 Å². The molecule has 2 heterocycles. The summed E-state index contributed by atoms with van der Waals surface area (Å²) in [6.07, 6.45) is 29.6. The molecule has 0 aromatic rings. The Balaban J connectivity index is 1.82. The van der Waals surface area contributed by atoms with Crippen molar-refractivity contribution in [1.29, 1.82) is 0 Å². The zero-order valence-electron chi connectivity index (χ0n) is 41.4. The lowest BCUT2D eigenvalue weighted by atomic mass is 9.97. The molecule has 390 valence electrons. The van der Waals surface area contributed by atoms with Crippen molar-refractivity contribution >= 4 is 5.91 Å². The van der Waals surface area contributed by atoms with Crippen LogP contribution in [0.3, 0.4) is 0 Å². The van der Waals surface area contributed by atoms with Crippen LogP contribution in [0.15, 0.2) is 48.6 Å². The van der Waals surface area contributed by atoms with E-state index >= 15 is 0 Å². The van der Waals surface area contributed by atoms with E-state index in [1.807, 2.05) is 0 Å². The monoisotopic (exact) mass is 954 g/mol. The second-order valence-electron chi connectivity index (χ2n) is 18.6. The molecule has 2 saturated heterocycles. The first kappa shape index (κ1) is 61.1. The van der Waals surface area contributed by atoms with Gasteiger partial charge in [0, 0.05) is 6.42 Å². The summed E-state index contributed by atoms with van der Waals surface area (Å²) in [7, 11) is 0. The maximum atomic E-state index is 13.2. The zero-order chi connectivity index (χ0) is 48.9. The molecule has 67 heavy (non-hydrogen) atoms. The minimum Gasteiger partial charge on any atom is -0.394 e. The number of ether oxygens (including phenoxy) is 4. The minimum atomic E-state index is -1.78. The molecule has 0 radical (unpaired) electrons. The summed E-state index contributed by atoms with van der Waals surface area (Å²) in [6, 6.07) is -0.837. The van der Waals surface area contributed by atoms with Gasteiger partial charge >= 0.3 is 0 Å². The smallest absolute Gasteiger partial charge is 0.220 e. The first-order valence-corrected chi connectivity index (χ1v) is 26.4. The van der Waals surface area contributed by atoms with Gasteiger partial charge in [0.05, 0.1) is 32.0 Å². The lowest BCUT2D eigenvalue weighted by Gasteiger charge is -2.46. The number of hydrogen-bond donors (Lipinski definition) is 9. The van der Waals surface area contributed by atoms with E-state index in [1.54, 1.807) is 0 Å². The lowest BCUT2D eigenvalue weighted by Crippen LogP contribution is -2.65. The van der Waals surface area contributed by atoms with Crippen LogP contribution in [0, 0.1) is 0 Å². The van der Waals surface area contributed by atoms with Crippen molar-refractivity contribution in [2.45, 2.75) is 261 Å². The Hall–Kier alpha value is -2.05. The number of rotatable bonds is 40. The maximum absolute atomic E-state index is 13.2. The fraction of sp³-hybridized carbons (Fsp3) is 0.830. The van der Waals surface area contributed by atoms with Crippen LogP contribution in [0.4, 0.5) is 0 Å². The molecule has 12 unspecified atom stereocenters. The summed E-state index contributed by atoms with van der Waals surface area (Å²) in [5.74, 6) is -0.223. The number of amides is 1. The molecule has 2 aliphatic rings. The number of nitrogens with one attached hydrogen (secondary N) is 1. The largest absolute Gasteiger partial charge is 0.394 e. The highest BCUT2D eigenvalue weighted by atomic mass is 16.7. The second kappa shape index (κ2) is 39.6. The van der Waals surface area contributed by atoms with Gasteiger partial charge in [-0.2, -0.15) is 0 Å². The predicted molar refractivity (Wildman–Crippen MR) is 263 cm³/mol. The van der Waals surface area contributed by atoms with Crippen molar-refractivity contribution in [3.8, 4) is 0 Å². The zero-order valence-corrected chi connectivity index (χ0v) is 41.4. The molecule has 1 amide bonds. The molecular weight excluding hydrogens is 859 g/mol. The summed E-state index contributed by atoms with van der Waals surface area (Å²) >= 11 is 0. The Labute approximate surface area is 403 Å². The second-order valence-corrected chi connectivity index (χ2v) is 18.6. The van der Waals surface area contributed by atoms with Gasteiger partial charge in [-0.15, -0.1) is 0 Å². The molecule has 0 aromatic carbocycles. The fourth-order valence-corrected chi connectivity index (χ4v) is 8.52. The van der Waals surface area contributed by atoms with Crippen LogP contribution in [0.25, 0.3) is 0 Å². The van der Waals surface area contributed by atoms with Gasteiger partial charge in [0.2, 0.25) is 5.91 Å². The van der Waals surface area contributed by atoms with Gasteiger partial charge in [-0.25, -0.2) is 0 Å². The molecule has 2 fully saturated rings. The minimum absolute atomic E-state index is 0.223. The molecule has 12 atom stereocenters. The van der Waals surface area contributed by atoms with Gasteiger partial charge in [0.25, 0.3) is 0 Å². The predicted octanol–water partition coefficient (Wildman–Crippen LogP) is 7.27.